The third kappa shape index (κ3) is 7.30. The van der Waals surface area contributed by atoms with Gasteiger partial charge < -0.3 is 15.0 Å². The highest BCUT2D eigenvalue weighted by Crippen LogP contribution is 2.39. The molecule has 2 atom stereocenters. The Hall–Kier alpha value is -4.38. The van der Waals surface area contributed by atoms with E-state index in [1.807, 2.05) is 54.0 Å². The number of hydrogen-bond acceptors (Lipinski definition) is 8. The zero-order chi connectivity index (χ0) is 33.5. The van der Waals surface area contributed by atoms with E-state index < -0.39 is 0 Å². The number of urea groups is 1. The van der Waals surface area contributed by atoms with Crippen LogP contribution in [0, 0.1) is 5.92 Å². The van der Waals surface area contributed by atoms with Gasteiger partial charge in [-0.25, -0.2) is 14.8 Å². The maximum Gasteiger partial charge on any atom is 0.320 e. The molecule has 11 heteroatoms. The Morgan fingerprint density at radius 1 is 0.936 bits per heavy atom. The Balaban J connectivity index is 1.14. The summed E-state index contributed by atoms with van der Waals surface area (Å²) in [5.41, 5.74) is 3.25. The number of Topliss-reactive ketones (excluding diaryl/α,β-unsaturated/α-hetero) is 1. The van der Waals surface area contributed by atoms with Crippen LogP contribution in [0.15, 0.2) is 48.7 Å². The van der Waals surface area contributed by atoms with Crippen molar-refractivity contribution in [2.75, 3.05) is 25.5 Å². The van der Waals surface area contributed by atoms with Crippen molar-refractivity contribution in [2.24, 2.45) is 5.92 Å². The highest BCUT2D eigenvalue weighted by atomic mass is 16.5. The molecule has 0 saturated carbocycles. The van der Waals surface area contributed by atoms with Crippen molar-refractivity contribution in [1.82, 2.24) is 34.8 Å². The monoisotopic (exact) mass is 638 g/mol. The van der Waals surface area contributed by atoms with E-state index in [0.717, 1.165) is 53.6 Å². The Kier molecular flexibility index (Phi) is 8.78. The van der Waals surface area contributed by atoms with Crippen LogP contribution in [0.5, 0.6) is 5.75 Å². The molecule has 3 aromatic heterocycles. The van der Waals surface area contributed by atoms with Gasteiger partial charge in [-0.3, -0.25) is 14.5 Å². The first-order valence-corrected chi connectivity index (χ1v) is 16.5. The number of ketones is 1. The highest BCUT2D eigenvalue weighted by Gasteiger charge is 2.31. The van der Waals surface area contributed by atoms with Crippen molar-refractivity contribution in [3.63, 3.8) is 0 Å². The lowest BCUT2D eigenvalue weighted by molar-refractivity contribution is -0.127. The van der Waals surface area contributed by atoms with Crippen LogP contribution in [0.1, 0.15) is 101 Å². The first-order valence-electron chi connectivity index (χ1n) is 16.5. The first kappa shape index (κ1) is 32.6. The van der Waals surface area contributed by atoms with Crippen molar-refractivity contribution in [2.45, 2.75) is 90.2 Å². The van der Waals surface area contributed by atoms with Gasteiger partial charge in [-0.05, 0) is 43.1 Å². The van der Waals surface area contributed by atoms with Crippen molar-refractivity contribution < 1.29 is 14.3 Å². The van der Waals surface area contributed by atoms with Crippen LogP contribution in [0.3, 0.4) is 0 Å². The van der Waals surface area contributed by atoms with Gasteiger partial charge in [-0.1, -0.05) is 65.8 Å². The van der Waals surface area contributed by atoms with Crippen LogP contribution in [-0.4, -0.2) is 61.4 Å². The van der Waals surface area contributed by atoms with Gasteiger partial charge in [0.1, 0.15) is 35.1 Å². The summed E-state index contributed by atoms with van der Waals surface area (Å²) in [5.74, 6) is 2.94. The standard InChI is InChI=1S/C36H46N8O3/c1-35(2,3)29-18-31(39-30(38-29)16-14-27(45)22-19-43(7)20-22)40-34(46)37-26-13-15-28(25-11-9-8-10-24(25)26)47-23-12-17-32-41-42-33(36(4,5)6)44(32)21-23/h8-12,17-18,21-22,26,28H,13-16,19-20H2,1-7H3,(H2,37,38,39,40,46)/t26-,28+/m0/s1. The van der Waals surface area contributed by atoms with Crippen LogP contribution in [-0.2, 0) is 22.0 Å². The van der Waals surface area contributed by atoms with Crippen LogP contribution in [0.4, 0.5) is 10.6 Å². The number of anilines is 1. The van der Waals surface area contributed by atoms with E-state index in [0.29, 0.717) is 30.9 Å². The zero-order valence-electron chi connectivity index (χ0n) is 28.5. The molecule has 0 unspecified atom stereocenters. The van der Waals surface area contributed by atoms with Crippen molar-refractivity contribution >= 4 is 23.3 Å². The van der Waals surface area contributed by atoms with Crippen molar-refractivity contribution in [3.05, 3.63) is 77.1 Å². The number of carbonyl (C=O) groups excluding carboxylic acids is 2. The molecule has 2 aliphatic rings. The number of amides is 2. The molecule has 2 amide bonds. The van der Waals surface area contributed by atoms with E-state index in [1.165, 1.54) is 0 Å². The molecule has 0 spiro atoms. The minimum absolute atomic E-state index is 0.0940. The maximum absolute atomic E-state index is 13.4. The Morgan fingerprint density at radius 2 is 1.68 bits per heavy atom. The molecule has 1 fully saturated rings. The Bertz CT molecular complexity index is 1780. The summed E-state index contributed by atoms with van der Waals surface area (Å²) < 4.78 is 8.55. The molecule has 0 radical (unpaired) electrons. The minimum Gasteiger partial charge on any atom is -0.484 e. The normalized spacial score (nSPS) is 18.8. The molecule has 1 aliphatic carbocycles. The molecule has 1 aromatic carbocycles. The molecule has 1 saturated heterocycles. The number of benzene rings is 1. The summed E-state index contributed by atoms with van der Waals surface area (Å²) in [6.45, 7) is 14.2. The average Bonchev–Trinajstić information content (AvgIpc) is 3.43. The van der Waals surface area contributed by atoms with Crippen LogP contribution >= 0.6 is 0 Å². The topological polar surface area (TPSA) is 127 Å². The number of hydrogen-bond donors (Lipinski definition) is 2. The molecule has 4 heterocycles. The predicted molar refractivity (Wildman–Crippen MR) is 181 cm³/mol. The summed E-state index contributed by atoms with van der Waals surface area (Å²) in [7, 11) is 2.02. The molecule has 47 heavy (non-hydrogen) atoms. The molecule has 6 rings (SSSR count). The number of pyridine rings is 1. The van der Waals surface area contributed by atoms with Crippen LogP contribution < -0.4 is 15.4 Å². The molecule has 1 aliphatic heterocycles. The quantitative estimate of drug-likeness (QED) is 0.242. The summed E-state index contributed by atoms with van der Waals surface area (Å²) in [6, 6.07) is 13.3. The third-order valence-electron chi connectivity index (χ3n) is 8.96. The summed E-state index contributed by atoms with van der Waals surface area (Å²) in [6.07, 6.45) is 4.06. The Labute approximate surface area is 276 Å². The van der Waals surface area contributed by atoms with E-state index in [2.05, 4.69) is 78.3 Å². The van der Waals surface area contributed by atoms with Crippen molar-refractivity contribution in [1.29, 1.82) is 0 Å². The summed E-state index contributed by atoms with van der Waals surface area (Å²) in [4.78, 5) is 37.6. The van der Waals surface area contributed by atoms with Gasteiger partial charge >= 0.3 is 6.03 Å². The molecular weight excluding hydrogens is 592 g/mol. The lowest BCUT2D eigenvalue weighted by Gasteiger charge is -2.35. The second-order valence-corrected chi connectivity index (χ2v) is 15.0. The number of aromatic nitrogens is 5. The third-order valence-corrected chi connectivity index (χ3v) is 8.96. The lowest BCUT2D eigenvalue weighted by atomic mass is 9.85. The molecule has 248 valence electrons. The van der Waals surface area contributed by atoms with Crippen LogP contribution in [0.25, 0.3) is 5.65 Å². The van der Waals surface area contributed by atoms with Crippen LogP contribution in [0.2, 0.25) is 0 Å². The van der Waals surface area contributed by atoms with Gasteiger partial charge in [0.05, 0.1) is 17.9 Å². The van der Waals surface area contributed by atoms with E-state index in [4.69, 9.17) is 9.72 Å². The second kappa shape index (κ2) is 12.7. The lowest BCUT2D eigenvalue weighted by Crippen LogP contribution is -2.47. The van der Waals surface area contributed by atoms with Gasteiger partial charge in [-0.2, -0.15) is 0 Å². The summed E-state index contributed by atoms with van der Waals surface area (Å²) >= 11 is 0. The largest absolute Gasteiger partial charge is 0.484 e. The average molecular weight is 639 g/mol. The van der Waals surface area contributed by atoms with E-state index >= 15 is 0 Å². The number of rotatable bonds is 8. The number of aryl methyl sites for hydroxylation is 1. The Morgan fingerprint density at radius 3 is 2.38 bits per heavy atom. The van der Waals surface area contributed by atoms with Gasteiger partial charge in [0.2, 0.25) is 0 Å². The summed E-state index contributed by atoms with van der Waals surface area (Å²) in [5, 5.41) is 14.8. The van der Waals surface area contributed by atoms with Gasteiger partial charge in [0.25, 0.3) is 0 Å². The molecule has 4 aromatic rings. The highest BCUT2D eigenvalue weighted by molar-refractivity contribution is 5.88. The fourth-order valence-corrected chi connectivity index (χ4v) is 6.35. The zero-order valence-corrected chi connectivity index (χ0v) is 28.5. The van der Waals surface area contributed by atoms with Gasteiger partial charge in [0, 0.05) is 48.7 Å². The number of nitrogens with zero attached hydrogens (tertiary/aromatic N) is 6. The minimum atomic E-state index is -0.338. The molecule has 11 nitrogen and oxygen atoms in total. The number of likely N-dealkylation sites (tertiary alicyclic amines) is 1. The van der Waals surface area contributed by atoms with E-state index in [9.17, 15) is 9.59 Å². The van der Waals surface area contributed by atoms with E-state index in [1.54, 1.807) is 0 Å². The fourth-order valence-electron chi connectivity index (χ4n) is 6.35. The van der Waals surface area contributed by atoms with E-state index in [-0.39, 0.29) is 40.7 Å². The van der Waals surface area contributed by atoms with Crippen molar-refractivity contribution in [3.8, 4) is 5.75 Å². The molecule has 0 bridgehead atoms. The number of ether oxygens (including phenoxy) is 1. The number of nitrogens with one attached hydrogen (secondary N) is 2. The fraction of sp³-hybridized carbons (Fsp3) is 0.500. The second-order valence-electron chi connectivity index (χ2n) is 15.0. The van der Waals surface area contributed by atoms with Gasteiger partial charge in [0.15, 0.2) is 5.65 Å². The smallest absolute Gasteiger partial charge is 0.320 e. The SMILES string of the molecule is CN1CC(C(=O)CCc2nc(NC(=O)N[C@H]3CC[C@@H](Oc4ccc5nnc(C(C)(C)C)n5c4)c4ccccc43)cc(C(C)(C)C)n2)C1. The number of carbonyl (C=O) groups is 2. The first-order chi connectivity index (χ1) is 22.2. The maximum atomic E-state index is 13.4. The number of fused-ring (bicyclic) bond motifs is 2. The predicted octanol–water partition coefficient (Wildman–Crippen LogP) is 5.95. The van der Waals surface area contributed by atoms with Gasteiger partial charge in [-0.15, -0.1) is 10.2 Å². The molecule has 2 N–H and O–H groups in total. The molecular formula is C36H46N8O3.